The molecule has 1 heterocycles. The molecule has 1 unspecified atom stereocenters. The first-order valence-corrected chi connectivity index (χ1v) is 8.53. The van der Waals surface area contributed by atoms with E-state index < -0.39 is 41.4 Å². The molecule has 0 aromatic heterocycles. The van der Waals surface area contributed by atoms with E-state index in [2.05, 4.69) is 10.1 Å². The number of benzene rings is 1. The van der Waals surface area contributed by atoms with Crippen LogP contribution in [0.1, 0.15) is 33.1 Å². The van der Waals surface area contributed by atoms with Gasteiger partial charge in [-0.15, -0.1) is 13.2 Å². The molecule has 2 rings (SSSR count). The minimum atomic E-state index is -4.84. The Morgan fingerprint density at radius 1 is 1.28 bits per heavy atom. The molecule has 154 valence electrons. The largest absolute Gasteiger partial charge is 1.00 e. The number of nitrogens with zero attached hydrogens (tertiary/aromatic N) is 1. The third-order valence-corrected chi connectivity index (χ3v) is 4.17. The van der Waals surface area contributed by atoms with Gasteiger partial charge in [0.1, 0.15) is 11.8 Å². The molecule has 0 saturated carbocycles. The van der Waals surface area contributed by atoms with Gasteiger partial charge in [-0.1, -0.05) is 19.9 Å². The Kier molecular flexibility index (Phi) is 8.55. The van der Waals surface area contributed by atoms with Crippen LogP contribution in [0, 0.1) is 5.41 Å². The molecule has 11 heteroatoms. The van der Waals surface area contributed by atoms with Gasteiger partial charge in [-0.3, -0.25) is 9.59 Å². The molecule has 1 aromatic carbocycles. The summed E-state index contributed by atoms with van der Waals surface area (Å²) in [5.74, 6) is -2.67. The van der Waals surface area contributed by atoms with Gasteiger partial charge in [0, 0.05) is 30.7 Å². The first-order chi connectivity index (χ1) is 12.9. The van der Waals surface area contributed by atoms with E-state index in [-0.39, 0.29) is 61.1 Å². The molecule has 1 N–H and O–H groups in total. The van der Waals surface area contributed by atoms with Gasteiger partial charge in [0.2, 0.25) is 11.8 Å². The van der Waals surface area contributed by atoms with Gasteiger partial charge >= 0.3 is 35.9 Å². The molecule has 0 aliphatic carbocycles. The maximum absolute atomic E-state index is 12.5. The number of hydrogen-bond acceptors (Lipinski definition) is 5. The second-order valence-corrected chi connectivity index (χ2v) is 7.33. The van der Waals surface area contributed by atoms with Crippen molar-refractivity contribution in [3.05, 3.63) is 24.3 Å². The number of hydrogen-bond donors (Lipinski definition) is 1. The van der Waals surface area contributed by atoms with Crippen LogP contribution in [-0.2, 0) is 14.4 Å². The van der Waals surface area contributed by atoms with E-state index in [0.717, 1.165) is 12.1 Å². The van der Waals surface area contributed by atoms with Gasteiger partial charge in [-0.05, 0) is 30.4 Å². The second kappa shape index (κ2) is 9.82. The zero-order valence-electron chi connectivity index (χ0n) is 16.3. The van der Waals surface area contributed by atoms with E-state index in [0.29, 0.717) is 0 Å². The Hall–Kier alpha value is -1.78. The number of rotatable bonds is 7. The van der Waals surface area contributed by atoms with Crippen LogP contribution in [0.4, 0.5) is 18.9 Å². The Bertz CT molecular complexity index is 770. The van der Waals surface area contributed by atoms with E-state index in [4.69, 9.17) is 0 Å². The SMILES string of the molecule is CC(C)(CC(=O)[O-])CC(=O)NC1CCN(c2cccc(OC(F)(F)F)c2)C1=O.[Na+]. The van der Waals surface area contributed by atoms with Crippen molar-refractivity contribution in [3.63, 3.8) is 0 Å². The van der Waals surface area contributed by atoms with Gasteiger partial charge in [-0.2, -0.15) is 0 Å². The van der Waals surface area contributed by atoms with Crippen LogP contribution in [-0.4, -0.2) is 36.7 Å². The summed E-state index contributed by atoms with van der Waals surface area (Å²) in [6.07, 6.45) is -4.99. The number of nitrogens with one attached hydrogen (secondary N) is 1. The molecule has 1 aliphatic rings. The topological polar surface area (TPSA) is 98.8 Å². The molecule has 1 fully saturated rings. The van der Waals surface area contributed by atoms with E-state index in [1.807, 2.05) is 0 Å². The maximum Gasteiger partial charge on any atom is 1.00 e. The third-order valence-electron chi connectivity index (χ3n) is 4.17. The van der Waals surface area contributed by atoms with Crippen molar-refractivity contribution in [1.82, 2.24) is 5.32 Å². The second-order valence-electron chi connectivity index (χ2n) is 7.33. The first kappa shape index (κ1) is 25.3. The minimum Gasteiger partial charge on any atom is -0.550 e. The predicted octanol–water partition coefficient (Wildman–Crippen LogP) is -1.63. The van der Waals surface area contributed by atoms with E-state index >= 15 is 0 Å². The maximum atomic E-state index is 12.5. The van der Waals surface area contributed by atoms with Crippen molar-refractivity contribution < 1.29 is 67.0 Å². The minimum absolute atomic E-state index is 0. The first-order valence-electron chi connectivity index (χ1n) is 8.53. The number of carbonyl (C=O) groups excluding carboxylic acids is 3. The molecule has 1 saturated heterocycles. The summed E-state index contributed by atoms with van der Waals surface area (Å²) >= 11 is 0. The molecule has 0 spiro atoms. The number of ether oxygens (including phenoxy) is 1. The number of carboxylic acids is 1. The molecule has 0 radical (unpaired) electrons. The Morgan fingerprint density at radius 2 is 1.93 bits per heavy atom. The molecule has 1 aliphatic heterocycles. The summed E-state index contributed by atoms with van der Waals surface area (Å²) in [6.45, 7) is 3.40. The number of carboxylic acid groups (broad SMARTS) is 1. The quantitative estimate of drug-likeness (QED) is 0.530. The average Bonchev–Trinajstić information content (AvgIpc) is 2.84. The standard InChI is InChI=1S/C18H21F3N2O5.Na/c1-17(2,10-15(25)26)9-14(24)22-13-6-7-23(16(13)27)11-4-3-5-12(8-11)28-18(19,20)21;/h3-5,8,13H,6-7,9-10H2,1-2H3,(H,22,24)(H,25,26);/q;+1/p-1. The molecule has 2 amide bonds. The zero-order chi connectivity index (χ0) is 21.1. The molecular formula is C18H20F3N2NaO5. The van der Waals surface area contributed by atoms with Gasteiger partial charge in [0.05, 0.1) is 0 Å². The van der Waals surface area contributed by atoms with Crippen molar-refractivity contribution in [1.29, 1.82) is 0 Å². The number of halogens is 3. The average molecular weight is 424 g/mol. The number of alkyl halides is 3. The molecule has 1 aromatic rings. The normalized spacial score (nSPS) is 16.9. The predicted molar refractivity (Wildman–Crippen MR) is 90.0 cm³/mol. The van der Waals surface area contributed by atoms with E-state index in [1.165, 1.54) is 17.0 Å². The number of amides is 2. The number of carbonyl (C=O) groups is 3. The van der Waals surface area contributed by atoms with Crippen molar-refractivity contribution in [2.75, 3.05) is 11.4 Å². The summed E-state index contributed by atoms with van der Waals surface area (Å²) in [4.78, 5) is 36.7. The van der Waals surface area contributed by atoms with Gasteiger partial charge in [-0.25, -0.2) is 0 Å². The van der Waals surface area contributed by atoms with Crippen molar-refractivity contribution in [3.8, 4) is 5.75 Å². The summed E-state index contributed by atoms with van der Waals surface area (Å²) in [6, 6.07) is 4.18. The van der Waals surface area contributed by atoms with Crippen LogP contribution in [0.15, 0.2) is 24.3 Å². The Labute approximate surface area is 187 Å². The van der Waals surface area contributed by atoms with E-state index in [9.17, 15) is 32.7 Å². The molecule has 7 nitrogen and oxygen atoms in total. The van der Waals surface area contributed by atoms with Crippen LogP contribution < -0.4 is 49.6 Å². The van der Waals surface area contributed by atoms with Crippen LogP contribution >= 0.6 is 0 Å². The fourth-order valence-corrected chi connectivity index (χ4v) is 3.05. The summed E-state index contributed by atoms with van der Waals surface area (Å²) in [5, 5.41) is 13.3. The summed E-state index contributed by atoms with van der Waals surface area (Å²) < 4.78 is 40.9. The van der Waals surface area contributed by atoms with Crippen LogP contribution in [0.5, 0.6) is 5.75 Å². The summed E-state index contributed by atoms with van der Waals surface area (Å²) in [7, 11) is 0. The van der Waals surface area contributed by atoms with Crippen LogP contribution in [0.25, 0.3) is 0 Å². The fraction of sp³-hybridized carbons (Fsp3) is 0.500. The molecule has 29 heavy (non-hydrogen) atoms. The molecule has 0 bridgehead atoms. The Morgan fingerprint density at radius 3 is 2.52 bits per heavy atom. The molecular weight excluding hydrogens is 404 g/mol. The van der Waals surface area contributed by atoms with Gasteiger partial charge in [0.25, 0.3) is 0 Å². The Balaban J connectivity index is 0.00000420. The zero-order valence-corrected chi connectivity index (χ0v) is 18.3. The smallest absolute Gasteiger partial charge is 0.550 e. The summed E-state index contributed by atoms with van der Waals surface area (Å²) in [5.41, 5.74) is -0.617. The number of aliphatic carboxylic acids is 1. The van der Waals surface area contributed by atoms with Crippen LogP contribution in [0.2, 0.25) is 0 Å². The van der Waals surface area contributed by atoms with Crippen molar-refractivity contribution in [2.45, 2.75) is 45.5 Å². The number of anilines is 1. The van der Waals surface area contributed by atoms with Crippen molar-refractivity contribution >= 4 is 23.5 Å². The third kappa shape index (κ3) is 7.87. The molecule has 1 atom stereocenters. The van der Waals surface area contributed by atoms with Crippen molar-refractivity contribution in [2.24, 2.45) is 5.41 Å². The van der Waals surface area contributed by atoms with Crippen LogP contribution in [0.3, 0.4) is 0 Å². The van der Waals surface area contributed by atoms with Gasteiger partial charge in [0.15, 0.2) is 0 Å². The monoisotopic (exact) mass is 424 g/mol. The van der Waals surface area contributed by atoms with E-state index in [1.54, 1.807) is 13.8 Å². The fourth-order valence-electron chi connectivity index (χ4n) is 3.05. The van der Waals surface area contributed by atoms with Gasteiger partial charge < -0.3 is 24.9 Å².